The molecule has 0 aliphatic heterocycles. The van der Waals surface area contributed by atoms with E-state index in [1.54, 1.807) is 49.4 Å². The fourth-order valence-electron chi connectivity index (χ4n) is 2.40. The van der Waals surface area contributed by atoms with E-state index in [9.17, 15) is 9.59 Å². The smallest absolute Gasteiger partial charge is 0.257 e. The zero-order valence-corrected chi connectivity index (χ0v) is 17.8. The van der Waals surface area contributed by atoms with E-state index in [0.29, 0.717) is 41.6 Å². The Bertz CT molecular complexity index is 868. The molecule has 0 fully saturated rings. The van der Waals surface area contributed by atoms with Crippen LogP contribution >= 0.6 is 12.2 Å². The van der Waals surface area contributed by atoms with Crippen LogP contribution in [-0.4, -0.2) is 23.5 Å². The van der Waals surface area contributed by atoms with Gasteiger partial charge in [-0.15, -0.1) is 0 Å². The van der Waals surface area contributed by atoms with Crippen LogP contribution in [0.4, 0.5) is 11.4 Å². The van der Waals surface area contributed by atoms with Gasteiger partial charge in [0.25, 0.3) is 5.91 Å². The average molecular weight is 414 g/mol. The van der Waals surface area contributed by atoms with Crippen LogP contribution in [0.15, 0.2) is 48.5 Å². The van der Waals surface area contributed by atoms with Gasteiger partial charge in [-0.2, -0.15) is 0 Å². The molecule has 2 aromatic carbocycles. The maximum absolute atomic E-state index is 12.5. The molecule has 2 aromatic rings. The third kappa shape index (κ3) is 7.91. The second-order valence-corrected chi connectivity index (χ2v) is 7.36. The van der Waals surface area contributed by atoms with Crippen LogP contribution in [0.25, 0.3) is 0 Å². The lowest BCUT2D eigenvalue weighted by Gasteiger charge is -2.12. The van der Waals surface area contributed by atoms with E-state index >= 15 is 0 Å². The van der Waals surface area contributed by atoms with E-state index in [2.05, 4.69) is 29.8 Å². The van der Waals surface area contributed by atoms with Gasteiger partial charge in [-0.1, -0.05) is 32.9 Å². The highest BCUT2D eigenvalue weighted by Crippen LogP contribution is 2.16. The summed E-state index contributed by atoms with van der Waals surface area (Å²) in [5, 5.41) is 8.55. The summed E-state index contributed by atoms with van der Waals surface area (Å²) in [6.07, 6.45) is 1.34. The number of hydrogen-bond acceptors (Lipinski definition) is 4. The van der Waals surface area contributed by atoms with Gasteiger partial charge in [-0.05, 0) is 61.0 Å². The zero-order chi connectivity index (χ0) is 21.2. The number of carbonyl (C=O) groups is 2. The Morgan fingerprint density at radius 3 is 2.41 bits per heavy atom. The number of rotatable bonds is 8. The van der Waals surface area contributed by atoms with E-state index in [0.717, 1.165) is 6.42 Å². The Morgan fingerprint density at radius 1 is 1.03 bits per heavy atom. The molecule has 0 atom stereocenters. The van der Waals surface area contributed by atoms with Crippen LogP contribution in [0.3, 0.4) is 0 Å². The van der Waals surface area contributed by atoms with Gasteiger partial charge in [-0.25, -0.2) is 0 Å². The number of hydrogen-bond donors (Lipinski definition) is 3. The lowest BCUT2D eigenvalue weighted by atomic mass is 10.1. The molecule has 7 heteroatoms. The molecule has 2 amide bonds. The van der Waals surface area contributed by atoms with Crippen LogP contribution in [0.1, 0.15) is 44.0 Å². The second kappa shape index (κ2) is 11.2. The van der Waals surface area contributed by atoms with Crippen LogP contribution in [0, 0.1) is 5.92 Å². The van der Waals surface area contributed by atoms with Crippen molar-refractivity contribution in [2.45, 2.75) is 33.6 Å². The molecule has 0 unspecified atom stereocenters. The first-order valence-corrected chi connectivity index (χ1v) is 10.0. The number of carbonyl (C=O) groups excluding carboxylic acids is 2. The fourth-order valence-corrected chi connectivity index (χ4v) is 2.61. The Kier molecular flexibility index (Phi) is 8.61. The van der Waals surface area contributed by atoms with Crippen LogP contribution in [0.2, 0.25) is 0 Å². The number of amides is 2. The lowest BCUT2D eigenvalue weighted by Crippen LogP contribution is -2.34. The average Bonchev–Trinajstić information content (AvgIpc) is 2.68. The normalized spacial score (nSPS) is 10.3. The zero-order valence-electron chi connectivity index (χ0n) is 17.0. The van der Waals surface area contributed by atoms with Crippen LogP contribution < -0.4 is 20.7 Å². The number of benzene rings is 2. The quantitative estimate of drug-likeness (QED) is 0.552. The summed E-state index contributed by atoms with van der Waals surface area (Å²) < 4.78 is 5.70. The van der Waals surface area contributed by atoms with E-state index in [-0.39, 0.29) is 16.9 Å². The molecule has 6 nitrogen and oxygen atoms in total. The van der Waals surface area contributed by atoms with E-state index < -0.39 is 0 Å². The summed E-state index contributed by atoms with van der Waals surface area (Å²) in [4.78, 5) is 24.0. The van der Waals surface area contributed by atoms with Gasteiger partial charge in [0.2, 0.25) is 5.91 Å². The van der Waals surface area contributed by atoms with Crippen molar-refractivity contribution in [3.63, 3.8) is 0 Å². The minimum absolute atomic E-state index is 0.0754. The highest BCUT2D eigenvalue weighted by atomic mass is 32.1. The molecular weight excluding hydrogens is 386 g/mol. The molecule has 0 radical (unpaired) electrons. The maximum Gasteiger partial charge on any atom is 0.257 e. The Balaban J connectivity index is 1.93. The standard InChI is InChI=1S/C22H27N3O3S/c1-4-20(26)23-17-8-6-9-18(14-17)24-22(29)25-21(27)16-7-5-10-19(13-16)28-12-11-15(2)3/h5-10,13-15H,4,11-12H2,1-3H3,(H,23,26)(H2,24,25,27,29). The topological polar surface area (TPSA) is 79.5 Å². The van der Waals surface area contributed by atoms with Gasteiger partial charge in [0.15, 0.2) is 5.11 Å². The number of anilines is 2. The third-order valence-electron chi connectivity index (χ3n) is 4.01. The van der Waals surface area contributed by atoms with Crippen molar-refractivity contribution in [2.75, 3.05) is 17.2 Å². The highest BCUT2D eigenvalue weighted by Gasteiger charge is 2.10. The molecule has 2 rings (SSSR count). The monoisotopic (exact) mass is 413 g/mol. The molecule has 29 heavy (non-hydrogen) atoms. The number of thiocarbonyl (C=S) groups is 1. The highest BCUT2D eigenvalue weighted by molar-refractivity contribution is 7.80. The predicted molar refractivity (Wildman–Crippen MR) is 120 cm³/mol. The summed E-state index contributed by atoms with van der Waals surface area (Å²) in [5.74, 6) is 0.802. The van der Waals surface area contributed by atoms with E-state index in [1.165, 1.54) is 0 Å². The van der Waals surface area contributed by atoms with E-state index in [1.807, 2.05) is 6.07 Å². The van der Waals surface area contributed by atoms with Gasteiger partial charge in [0.05, 0.1) is 6.61 Å². The fraction of sp³-hybridized carbons (Fsp3) is 0.318. The molecule has 0 heterocycles. The number of ether oxygens (including phenoxy) is 1. The summed E-state index contributed by atoms with van der Waals surface area (Å²) in [6, 6.07) is 14.1. The molecule has 154 valence electrons. The summed E-state index contributed by atoms with van der Waals surface area (Å²) >= 11 is 5.24. The molecule has 0 saturated heterocycles. The van der Waals surface area contributed by atoms with Gasteiger partial charge in [0, 0.05) is 23.4 Å². The van der Waals surface area contributed by atoms with Crippen molar-refractivity contribution >= 4 is 40.5 Å². The maximum atomic E-state index is 12.5. The van der Waals surface area contributed by atoms with Gasteiger partial charge in [0.1, 0.15) is 5.75 Å². The van der Waals surface area contributed by atoms with Crippen molar-refractivity contribution in [2.24, 2.45) is 5.92 Å². The first-order valence-electron chi connectivity index (χ1n) is 9.62. The van der Waals surface area contributed by atoms with E-state index in [4.69, 9.17) is 17.0 Å². The largest absolute Gasteiger partial charge is 0.494 e. The van der Waals surface area contributed by atoms with Gasteiger partial charge >= 0.3 is 0 Å². The van der Waals surface area contributed by atoms with Crippen LogP contribution in [0.5, 0.6) is 5.75 Å². The van der Waals surface area contributed by atoms with Crippen molar-refractivity contribution in [3.8, 4) is 5.75 Å². The Morgan fingerprint density at radius 2 is 1.72 bits per heavy atom. The van der Waals surface area contributed by atoms with Crippen molar-refractivity contribution in [1.29, 1.82) is 0 Å². The molecule has 0 aromatic heterocycles. The molecular formula is C22H27N3O3S. The van der Waals surface area contributed by atoms with Gasteiger partial charge < -0.3 is 15.4 Å². The minimum atomic E-state index is -0.327. The molecule has 0 bridgehead atoms. The summed E-state index contributed by atoms with van der Waals surface area (Å²) in [7, 11) is 0. The first kappa shape index (κ1) is 22.4. The first-order chi connectivity index (χ1) is 13.9. The van der Waals surface area contributed by atoms with Crippen molar-refractivity contribution < 1.29 is 14.3 Å². The van der Waals surface area contributed by atoms with Gasteiger partial charge in [-0.3, -0.25) is 14.9 Å². The molecule has 0 saturated carbocycles. The van der Waals surface area contributed by atoms with Crippen molar-refractivity contribution in [3.05, 3.63) is 54.1 Å². The molecule has 3 N–H and O–H groups in total. The van der Waals surface area contributed by atoms with Crippen LogP contribution in [-0.2, 0) is 4.79 Å². The SMILES string of the molecule is CCC(=O)Nc1cccc(NC(=S)NC(=O)c2cccc(OCCC(C)C)c2)c1. The lowest BCUT2D eigenvalue weighted by molar-refractivity contribution is -0.115. The Hall–Kier alpha value is -2.93. The minimum Gasteiger partial charge on any atom is -0.494 e. The predicted octanol–water partition coefficient (Wildman–Crippen LogP) is 4.59. The molecule has 0 aliphatic carbocycles. The summed E-state index contributed by atoms with van der Waals surface area (Å²) in [6.45, 7) is 6.66. The Labute approximate surface area is 177 Å². The second-order valence-electron chi connectivity index (χ2n) is 6.95. The molecule has 0 aliphatic rings. The molecule has 0 spiro atoms. The third-order valence-corrected chi connectivity index (χ3v) is 4.22. The number of nitrogens with one attached hydrogen (secondary N) is 3. The van der Waals surface area contributed by atoms with Crippen molar-refractivity contribution in [1.82, 2.24) is 5.32 Å². The summed E-state index contributed by atoms with van der Waals surface area (Å²) in [5.41, 5.74) is 1.78.